The zero-order valence-corrected chi connectivity index (χ0v) is 17.4. The van der Waals surface area contributed by atoms with E-state index >= 15 is 0 Å². The van der Waals surface area contributed by atoms with Crippen molar-refractivity contribution in [2.45, 2.75) is 45.4 Å². The van der Waals surface area contributed by atoms with Crippen LogP contribution in [0.25, 0.3) is 0 Å². The first-order valence-corrected chi connectivity index (χ1v) is 10.9. The van der Waals surface area contributed by atoms with Gasteiger partial charge in [-0.15, -0.1) is 0 Å². The number of nitrogens with zero attached hydrogens (tertiary/aromatic N) is 2. The van der Waals surface area contributed by atoms with E-state index in [1.54, 1.807) is 17.0 Å². The zero-order chi connectivity index (χ0) is 20.6. The van der Waals surface area contributed by atoms with Gasteiger partial charge in [0.2, 0.25) is 11.8 Å². The Morgan fingerprint density at radius 3 is 2.38 bits per heavy atom. The minimum absolute atomic E-state index is 0.0504. The summed E-state index contributed by atoms with van der Waals surface area (Å²) in [7, 11) is 0. The molecule has 3 amide bonds. The lowest BCUT2D eigenvalue weighted by molar-refractivity contribution is -0.137. The lowest BCUT2D eigenvalue weighted by Crippen LogP contribution is -2.42. The Kier molecular flexibility index (Phi) is 7.67. The molecule has 0 aliphatic carbocycles. The van der Waals surface area contributed by atoms with Crippen LogP contribution in [-0.2, 0) is 9.59 Å². The lowest BCUT2D eigenvalue weighted by Gasteiger charge is -2.33. The van der Waals surface area contributed by atoms with E-state index in [4.69, 9.17) is 0 Å². The maximum atomic E-state index is 13.1. The van der Waals surface area contributed by atoms with Crippen LogP contribution in [0.5, 0.6) is 0 Å². The number of piperidine rings is 1. The van der Waals surface area contributed by atoms with Crippen LogP contribution in [0.4, 0.5) is 0 Å². The number of hydrogen-bond donors (Lipinski definition) is 1. The van der Waals surface area contributed by atoms with E-state index in [9.17, 15) is 14.4 Å². The molecule has 1 aromatic rings. The van der Waals surface area contributed by atoms with Gasteiger partial charge in [-0.05, 0) is 50.2 Å². The lowest BCUT2D eigenvalue weighted by atomic mass is 9.94. The third kappa shape index (κ3) is 6.05. The molecule has 1 N–H and O–H groups in total. The summed E-state index contributed by atoms with van der Waals surface area (Å²) in [6.07, 6.45) is 4.61. The summed E-state index contributed by atoms with van der Waals surface area (Å²) in [6, 6.07) is 9.18. The van der Waals surface area contributed by atoms with Crippen LogP contribution >= 0.6 is 0 Å². The largest absolute Gasteiger partial charge is 0.356 e. The molecule has 158 valence electrons. The SMILES string of the molecule is CC1CCN(C(=O)C2CCCN(C(=O)c3ccccc3)CCC(=O)NCC2)CC1. The van der Waals surface area contributed by atoms with E-state index in [2.05, 4.69) is 12.2 Å². The molecule has 2 saturated heterocycles. The van der Waals surface area contributed by atoms with Gasteiger partial charge in [-0.25, -0.2) is 0 Å². The van der Waals surface area contributed by atoms with Gasteiger partial charge in [0.25, 0.3) is 5.91 Å². The summed E-state index contributed by atoms with van der Waals surface area (Å²) in [5.41, 5.74) is 0.637. The van der Waals surface area contributed by atoms with Crippen molar-refractivity contribution in [2.75, 3.05) is 32.7 Å². The Hall–Kier alpha value is -2.37. The fraction of sp³-hybridized carbons (Fsp3) is 0.609. The van der Waals surface area contributed by atoms with Crippen LogP contribution < -0.4 is 5.32 Å². The van der Waals surface area contributed by atoms with Gasteiger partial charge >= 0.3 is 0 Å². The fourth-order valence-corrected chi connectivity index (χ4v) is 4.20. The average molecular weight is 400 g/mol. The molecule has 2 aliphatic heterocycles. The van der Waals surface area contributed by atoms with Crippen molar-refractivity contribution in [1.82, 2.24) is 15.1 Å². The Bertz CT molecular complexity index is 699. The number of carbonyl (C=O) groups excluding carboxylic acids is 3. The number of carbonyl (C=O) groups is 3. The molecular weight excluding hydrogens is 366 g/mol. The van der Waals surface area contributed by atoms with E-state index in [1.165, 1.54) is 0 Å². The van der Waals surface area contributed by atoms with Crippen molar-refractivity contribution < 1.29 is 14.4 Å². The molecule has 0 bridgehead atoms. The molecule has 2 fully saturated rings. The Morgan fingerprint density at radius 2 is 1.66 bits per heavy atom. The average Bonchev–Trinajstić information content (AvgIpc) is 2.78. The van der Waals surface area contributed by atoms with Gasteiger partial charge in [-0.2, -0.15) is 0 Å². The highest BCUT2D eigenvalue weighted by Crippen LogP contribution is 2.22. The summed E-state index contributed by atoms with van der Waals surface area (Å²) in [5, 5.41) is 2.93. The molecule has 2 heterocycles. The number of benzene rings is 1. The molecule has 29 heavy (non-hydrogen) atoms. The maximum Gasteiger partial charge on any atom is 0.253 e. The van der Waals surface area contributed by atoms with Gasteiger partial charge in [0.1, 0.15) is 0 Å². The van der Waals surface area contributed by atoms with Crippen molar-refractivity contribution in [3.05, 3.63) is 35.9 Å². The van der Waals surface area contributed by atoms with Crippen molar-refractivity contribution >= 4 is 17.7 Å². The summed E-state index contributed by atoms with van der Waals surface area (Å²) < 4.78 is 0. The molecule has 1 atom stereocenters. The van der Waals surface area contributed by atoms with Crippen molar-refractivity contribution in [2.24, 2.45) is 11.8 Å². The predicted octanol–water partition coefficient (Wildman–Crippen LogP) is 2.69. The van der Waals surface area contributed by atoms with E-state index in [0.29, 0.717) is 44.0 Å². The first kappa shape index (κ1) is 21.3. The van der Waals surface area contributed by atoms with Crippen LogP contribution in [0.3, 0.4) is 0 Å². The standard InChI is InChI=1S/C23H33N3O3/c1-18-10-15-26(16-11-18)23(29)20-8-5-14-25(17-12-21(27)24-13-9-20)22(28)19-6-3-2-4-7-19/h2-4,6-7,18,20H,5,8-17H2,1H3,(H,24,27). The van der Waals surface area contributed by atoms with Crippen LogP contribution in [-0.4, -0.2) is 60.2 Å². The van der Waals surface area contributed by atoms with Gasteiger partial charge in [0.05, 0.1) is 0 Å². The second-order valence-electron chi connectivity index (χ2n) is 8.39. The van der Waals surface area contributed by atoms with Gasteiger partial charge < -0.3 is 15.1 Å². The number of rotatable bonds is 2. The summed E-state index contributed by atoms with van der Waals surface area (Å²) >= 11 is 0. The van der Waals surface area contributed by atoms with E-state index in [-0.39, 0.29) is 23.6 Å². The van der Waals surface area contributed by atoms with Crippen LogP contribution in [0.1, 0.15) is 55.8 Å². The molecule has 0 spiro atoms. The summed E-state index contributed by atoms with van der Waals surface area (Å²) in [4.78, 5) is 41.9. The molecule has 1 unspecified atom stereocenters. The highest BCUT2D eigenvalue weighted by atomic mass is 16.2. The predicted molar refractivity (Wildman–Crippen MR) is 112 cm³/mol. The zero-order valence-electron chi connectivity index (χ0n) is 17.4. The quantitative estimate of drug-likeness (QED) is 0.831. The second-order valence-corrected chi connectivity index (χ2v) is 8.39. The molecule has 0 aromatic heterocycles. The monoisotopic (exact) mass is 399 g/mol. The van der Waals surface area contributed by atoms with Crippen molar-refractivity contribution in [1.29, 1.82) is 0 Å². The summed E-state index contributed by atoms with van der Waals surface area (Å²) in [5.74, 6) is 0.701. The summed E-state index contributed by atoms with van der Waals surface area (Å²) in [6.45, 7) is 5.40. The molecule has 6 heteroatoms. The molecule has 0 saturated carbocycles. The normalized spacial score (nSPS) is 22.5. The minimum atomic E-state index is -0.0875. The van der Waals surface area contributed by atoms with E-state index in [1.807, 2.05) is 23.1 Å². The molecule has 6 nitrogen and oxygen atoms in total. The molecule has 1 aromatic carbocycles. The molecule has 0 radical (unpaired) electrons. The van der Waals surface area contributed by atoms with Crippen molar-refractivity contribution in [3.8, 4) is 0 Å². The van der Waals surface area contributed by atoms with Crippen LogP contribution in [0, 0.1) is 11.8 Å². The highest BCUT2D eigenvalue weighted by molar-refractivity contribution is 5.94. The van der Waals surface area contributed by atoms with E-state index in [0.717, 1.165) is 38.8 Å². The highest BCUT2D eigenvalue weighted by Gasteiger charge is 2.28. The molecule has 2 aliphatic rings. The second kappa shape index (κ2) is 10.4. The van der Waals surface area contributed by atoms with Gasteiger partial charge in [-0.1, -0.05) is 25.1 Å². The molecule has 3 rings (SSSR count). The van der Waals surface area contributed by atoms with E-state index < -0.39 is 0 Å². The van der Waals surface area contributed by atoms with Gasteiger partial charge in [0, 0.05) is 50.6 Å². The minimum Gasteiger partial charge on any atom is -0.356 e. The topological polar surface area (TPSA) is 69.7 Å². The first-order chi connectivity index (χ1) is 14.0. The number of nitrogens with one attached hydrogen (secondary N) is 1. The van der Waals surface area contributed by atoms with Crippen molar-refractivity contribution in [3.63, 3.8) is 0 Å². The third-order valence-corrected chi connectivity index (χ3v) is 6.16. The van der Waals surface area contributed by atoms with Gasteiger partial charge in [0.15, 0.2) is 0 Å². The van der Waals surface area contributed by atoms with Gasteiger partial charge in [-0.3, -0.25) is 14.4 Å². The maximum absolute atomic E-state index is 13.1. The fourth-order valence-electron chi connectivity index (χ4n) is 4.20. The third-order valence-electron chi connectivity index (χ3n) is 6.16. The van der Waals surface area contributed by atoms with Crippen LogP contribution in [0.15, 0.2) is 30.3 Å². The Labute approximate surface area is 173 Å². The number of amides is 3. The Balaban J connectivity index is 1.64. The molecular formula is C23H33N3O3. The van der Waals surface area contributed by atoms with Crippen LogP contribution in [0.2, 0.25) is 0 Å². The number of hydrogen-bond acceptors (Lipinski definition) is 3. The smallest absolute Gasteiger partial charge is 0.253 e. The Morgan fingerprint density at radius 1 is 0.931 bits per heavy atom. The first-order valence-electron chi connectivity index (χ1n) is 10.9. The number of likely N-dealkylation sites (tertiary alicyclic amines) is 1.